The molecule has 4 nitrogen and oxygen atoms in total. The van der Waals surface area contributed by atoms with Crippen molar-refractivity contribution in [3.63, 3.8) is 0 Å². The number of rotatable bonds is 0. The van der Waals surface area contributed by atoms with Crippen LogP contribution in [0.25, 0.3) is 0 Å². The van der Waals surface area contributed by atoms with Crippen molar-refractivity contribution in [2.45, 2.75) is 19.3 Å². The largest absolute Gasteiger partial charge is 0.396 e. The number of likely N-dealkylation sites (tertiary alicyclic amines) is 1. The summed E-state index contributed by atoms with van der Waals surface area (Å²) in [4.78, 5) is 6.12. The molecule has 0 saturated carbocycles. The topological polar surface area (TPSA) is 68.2 Å². The van der Waals surface area contributed by atoms with Crippen molar-refractivity contribution in [3.8, 4) is 0 Å². The summed E-state index contributed by atoms with van der Waals surface area (Å²) in [5, 5.41) is 0. The van der Waals surface area contributed by atoms with Crippen molar-refractivity contribution in [2.24, 2.45) is 0 Å². The molecule has 15 heavy (non-hydrogen) atoms. The molecule has 0 radical (unpaired) electrons. The van der Waals surface area contributed by atoms with E-state index in [9.17, 15) is 0 Å². The third-order valence-corrected chi connectivity index (χ3v) is 2.45. The van der Waals surface area contributed by atoms with E-state index < -0.39 is 0 Å². The average Bonchev–Trinajstić information content (AvgIpc) is 2.25. The predicted molar refractivity (Wildman–Crippen MR) is 64.4 cm³/mol. The van der Waals surface area contributed by atoms with Gasteiger partial charge in [-0.2, -0.15) is 0 Å². The summed E-state index contributed by atoms with van der Waals surface area (Å²) in [5.74, 6) is 0.396. The molecule has 84 valence electrons. The number of aromatic nitrogens is 1. The lowest BCUT2D eigenvalue weighted by molar-refractivity contribution is 0.277. The molecule has 0 aromatic carbocycles. The number of nitrogen functional groups attached to an aromatic ring is 2. The highest BCUT2D eigenvalue weighted by Crippen LogP contribution is 2.06. The second-order valence-corrected chi connectivity index (χ2v) is 3.84. The van der Waals surface area contributed by atoms with Crippen molar-refractivity contribution < 1.29 is 0 Å². The molecule has 0 amide bonds. The molecule has 0 atom stereocenters. The maximum Gasteiger partial charge on any atom is 0.146 e. The van der Waals surface area contributed by atoms with E-state index in [-0.39, 0.29) is 0 Å². The normalized spacial score (nSPS) is 16.6. The van der Waals surface area contributed by atoms with Crippen LogP contribution < -0.4 is 11.5 Å². The molecular formula is C11H20N4. The maximum absolute atomic E-state index is 5.33. The van der Waals surface area contributed by atoms with Crippen molar-refractivity contribution in [1.82, 2.24) is 9.88 Å². The summed E-state index contributed by atoms with van der Waals surface area (Å²) >= 11 is 0. The Labute approximate surface area is 91.3 Å². The minimum absolute atomic E-state index is 0.396. The molecule has 1 fully saturated rings. The molecule has 1 aliphatic rings. The van der Waals surface area contributed by atoms with Gasteiger partial charge in [0.15, 0.2) is 0 Å². The first-order valence-electron chi connectivity index (χ1n) is 5.34. The third kappa shape index (κ3) is 4.65. The standard InChI is InChI=1S/C6H13N.C5H7N3/c1-7-5-3-2-4-6-7;6-4-2-1-3-8-5(4)7/h2-6H2,1H3;1-3H,6H2,(H2,7,8). The Balaban J connectivity index is 0.000000151. The summed E-state index contributed by atoms with van der Waals surface area (Å²) in [6, 6.07) is 3.45. The molecule has 1 aliphatic heterocycles. The van der Waals surface area contributed by atoms with Crippen LogP contribution in [-0.2, 0) is 0 Å². The fourth-order valence-corrected chi connectivity index (χ4v) is 1.48. The first-order valence-corrected chi connectivity index (χ1v) is 5.34. The van der Waals surface area contributed by atoms with E-state index >= 15 is 0 Å². The van der Waals surface area contributed by atoms with Crippen LogP contribution in [-0.4, -0.2) is 30.0 Å². The predicted octanol–water partition coefficient (Wildman–Crippen LogP) is 1.35. The molecular weight excluding hydrogens is 188 g/mol. The van der Waals surface area contributed by atoms with Crippen LogP contribution in [0.1, 0.15) is 19.3 Å². The highest BCUT2D eigenvalue weighted by molar-refractivity contribution is 5.56. The molecule has 4 N–H and O–H groups in total. The molecule has 0 unspecified atom stereocenters. The molecule has 2 heterocycles. The van der Waals surface area contributed by atoms with Gasteiger partial charge in [-0.05, 0) is 45.1 Å². The Bertz CT molecular complexity index is 261. The minimum atomic E-state index is 0.396. The zero-order valence-electron chi connectivity index (χ0n) is 9.32. The molecule has 0 spiro atoms. The van der Waals surface area contributed by atoms with Gasteiger partial charge in [0.25, 0.3) is 0 Å². The van der Waals surface area contributed by atoms with Gasteiger partial charge in [0.05, 0.1) is 5.69 Å². The Hall–Kier alpha value is -1.29. The van der Waals surface area contributed by atoms with Crippen molar-refractivity contribution in [2.75, 3.05) is 31.6 Å². The van der Waals surface area contributed by atoms with E-state index in [0.29, 0.717) is 11.5 Å². The molecule has 1 aromatic rings. The number of anilines is 2. The zero-order chi connectivity index (χ0) is 11.1. The van der Waals surface area contributed by atoms with Crippen LogP contribution in [0.3, 0.4) is 0 Å². The lowest BCUT2D eigenvalue weighted by Crippen LogP contribution is -2.24. The van der Waals surface area contributed by atoms with E-state index in [1.807, 2.05) is 0 Å². The average molecular weight is 208 g/mol. The quantitative estimate of drug-likeness (QED) is 0.675. The number of piperidine rings is 1. The van der Waals surface area contributed by atoms with E-state index in [0.717, 1.165) is 0 Å². The molecule has 4 heteroatoms. The molecule has 1 saturated heterocycles. The van der Waals surface area contributed by atoms with Crippen molar-refractivity contribution >= 4 is 11.5 Å². The number of nitrogens with zero attached hydrogens (tertiary/aromatic N) is 2. The van der Waals surface area contributed by atoms with Crippen molar-refractivity contribution in [3.05, 3.63) is 18.3 Å². The van der Waals surface area contributed by atoms with Gasteiger partial charge in [-0.1, -0.05) is 6.42 Å². The van der Waals surface area contributed by atoms with Gasteiger partial charge in [0.2, 0.25) is 0 Å². The number of hydrogen-bond donors (Lipinski definition) is 2. The third-order valence-electron chi connectivity index (χ3n) is 2.45. The monoisotopic (exact) mass is 208 g/mol. The highest BCUT2D eigenvalue weighted by Gasteiger charge is 2.02. The lowest BCUT2D eigenvalue weighted by atomic mass is 10.1. The van der Waals surface area contributed by atoms with E-state index in [4.69, 9.17) is 11.5 Å². The second kappa shape index (κ2) is 6.24. The first-order chi connectivity index (χ1) is 7.20. The summed E-state index contributed by atoms with van der Waals surface area (Å²) < 4.78 is 0. The first kappa shape index (κ1) is 11.8. The fraction of sp³-hybridized carbons (Fsp3) is 0.545. The summed E-state index contributed by atoms with van der Waals surface area (Å²) in [5.41, 5.74) is 11.2. The van der Waals surface area contributed by atoms with Gasteiger partial charge in [-0.15, -0.1) is 0 Å². The maximum atomic E-state index is 5.33. The lowest BCUT2D eigenvalue weighted by Gasteiger charge is -2.20. The Kier molecular flexibility index (Phi) is 4.90. The van der Waals surface area contributed by atoms with E-state index in [1.54, 1.807) is 18.3 Å². The fourth-order valence-electron chi connectivity index (χ4n) is 1.48. The van der Waals surface area contributed by atoms with Crippen LogP contribution in [0.4, 0.5) is 11.5 Å². The summed E-state index contributed by atoms with van der Waals surface area (Å²) in [7, 11) is 2.19. The Morgan fingerprint density at radius 1 is 1.20 bits per heavy atom. The van der Waals surface area contributed by atoms with Gasteiger partial charge in [-0.25, -0.2) is 4.98 Å². The molecule has 2 rings (SSSR count). The van der Waals surface area contributed by atoms with Crippen LogP contribution in [0, 0.1) is 0 Å². The molecule has 0 bridgehead atoms. The van der Waals surface area contributed by atoms with Gasteiger partial charge >= 0.3 is 0 Å². The van der Waals surface area contributed by atoms with Gasteiger partial charge in [-0.3, -0.25) is 0 Å². The smallest absolute Gasteiger partial charge is 0.146 e. The van der Waals surface area contributed by atoms with E-state index in [1.165, 1.54) is 32.4 Å². The van der Waals surface area contributed by atoms with Gasteiger partial charge in [0, 0.05) is 6.20 Å². The van der Waals surface area contributed by atoms with Gasteiger partial charge < -0.3 is 16.4 Å². The Morgan fingerprint density at radius 2 is 1.87 bits per heavy atom. The van der Waals surface area contributed by atoms with Crippen LogP contribution >= 0.6 is 0 Å². The molecule has 1 aromatic heterocycles. The SMILES string of the molecule is CN1CCCCC1.Nc1cccnc1N. The molecule has 0 aliphatic carbocycles. The number of hydrogen-bond acceptors (Lipinski definition) is 4. The van der Waals surface area contributed by atoms with E-state index in [2.05, 4.69) is 16.9 Å². The second-order valence-electron chi connectivity index (χ2n) is 3.84. The summed E-state index contributed by atoms with van der Waals surface area (Å²) in [6.45, 7) is 2.64. The van der Waals surface area contributed by atoms with Crippen LogP contribution in [0.5, 0.6) is 0 Å². The summed E-state index contributed by atoms with van der Waals surface area (Å²) in [6.07, 6.45) is 5.88. The number of pyridine rings is 1. The van der Waals surface area contributed by atoms with Crippen LogP contribution in [0.15, 0.2) is 18.3 Å². The number of nitrogens with two attached hydrogens (primary N) is 2. The van der Waals surface area contributed by atoms with Crippen molar-refractivity contribution in [1.29, 1.82) is 0 Å². The highest BCUT2D eigenvalue weighted by atomic mass is 15.1. The minimum Gasteiger partial charge on any atom is -0.396 e. The van der Waals surface area contributed by atoms with Crippen LogP contribution in [0.2, 0.25) is 0 Å². The Morgan fingerprint density at radius 3 is 2.20 bits per heavy atom. The van der Waals surface area contributed by atoms with Gasteiger partial charge in [0.1, 0.15) is 5.82 Å². The zero-order valence-corrected chi connectivity index (χ0v) is 9.32.